The zero-order chi connectivity index (χ0) is 8.10. The van der Waals surface area contributed by atoms with E-state index in [0.29, 0.717) is 11.9 Å². The third-order valence-electron chi connectivity index (χ3n) is 1.37. The average molecular weight is 148 g/mol. The predicted octanol–water partition coefficient (Wildman–Crippen LogP) is 1.78. The van der Waals surface area contributed by atoms with Crippen LogP contribution in [0.3, 0.4) is 0 Å². The molecule has 0 aliphatic rings. The minimum Gasteiger partial charge on any atom is -0.515 e. The fourth-order valence-electron chi connectivity index (χ4n) is 0.804. The summed E-state index contributed by atoms with van der Waals surface area (Å²) >= 11 is 0. The first-order chi connectivity index (χ1) is 5.38. The van der Waals surface area contributed by atoms with Gasteiger partial charge in [0.05, 0.1) is 11.8 Å². The van der Waals surface area contributed by atoms with Gasteiger partial charge in [0.25, 0.3) is 0 Å². The zero-order valence-electron chi connectivity index (χ0n) is 5.90. The molecule has 0 saturated carbocycles. The van der Waals surface area contributed by atoms with Crippen LogP contribution in [0.4, 0.5) is 0 Å². The molecule has 0 fully saturated rings. The van der Waals surface area contributed by atoms with Crippen LogP contribution in [0.2, 0.25) is 0 Å². The molecule has 0 bridgehead atoms. The maximum atomic E-state index is 10.3. The fourth-order valence-corrected chi connectivity index (χ4v) is 0.804. The molecule has 0 amide bonds. The number of aliphatic hydroxyl groups is 1. The first kappa shape index (κ1) is 7.54. The number of benzene rings is 1. The Kier molecular flexibility index (Phi) is 2.44. The summed E-state index contributed by atoms with van der Waals surface area (Å²) in [5, 5.41) is 8.59. The van der Waals surface area contributed by atoms with Crippen LogP contribution in [-0.4, -0.2) is 11.4 Å². The third kappa shape index (κ3) is 1.67. The van der Waals surface area contributed by atoms with Gasteiger partial charge in [-0.3, -0.25) is 4.79 Å². The van der Waals surface area contributed by atoms with Crippen molar-refractivity contribution < 1.29 is 9.90 Å². The average Bonchev–Trinajstić information content (AvgIpc) is 2.09. The first-order valence-electron chi connectivity index (χ1n) is 3.23. The van der Waals surface area contributed by atoms with E-state index in [0.717, 1.165) is 11.8 Å². The fraction of sp³-hybridized carbons (Fsp3) is 0. The highest BCUT2D eigenvalue weighted by Gasteiger charge is 1.96. The second-order valence-electron chi connectivity index (χ2n) is 2.07. The molecule has 56 valence electrons. The second kappa shape index (κ2) is 3.56. The van der Waals surface area contributed by atoms with Gasteiger partial charge in [0.15, 0.2) is 6.29 Å². The summed E-state index contributed by atoms with van der Waals surface area (Å²) in [5.41, 5.74) is 1.02. The van der Waals surface area contributed by atoms with Gasteiger partial charge < -0.3 is 5.11 Å². The van der Waals surface area contributed by atoms with Crippen molar-refractivity contribution in [2.24, 2.45) is 0 Å². The van der Waals surface area contributed by atoms with E-state index in [-0.39, 0.29) is 0 Å². The summed E-state index contributed by atoms with van der Waals surface area (Å²) in [4.78, 5) is 10.3. The molecule has 0 aliphatic heterocycles. The molecule has 0 unspecified atom stereocenters. The number of rotatable bonds is 2. The molecule has 11 heavy (non-hydrogen) atoms. The molecule has 0 spiro atoms. The van der Waals surface area contributed by atoms with Crippen LogP contribution in [0.1, 0.15) is 5.56 Å². The molecule has 2 heteroatoms. The van der Waals surface area contributed by atoms with Gasteiger partial charge in [0, 0.05) is 0 Å². The number of carbonyl (C=O) groups excluding carboxylic acids is 1. The summed E-state index contributed by atoms with van der Waals surface area (Å²) < 4.78 is 0. The minimum atomic E-state index is 0.297. The lowest BCUT2D eigenvalue weighted by Gasteiger charge is -1.95. The molecule has 0 aliphatic carbocycles. The number of hydrogen-bond donors (Lipinski definition) is 1. The SMILES string of the molecule is O=CC(=CO)c1ccccc1. The molecular formula is C9H8O2. The van der Waals surface area contributed by atoms with Gasteiger partial charge in [-0.15, -0.1) is 0 Å². The molecule has 0 saturated heterocycles. The highest BCUT2D eigenvalue weighted by molar-refractivity contribution is 6.06. The monoisotopic (exact) mass is 148 g/mol. The van der Waals surface area contributed by atoms with Gasteiger partial charge in [-0.05, 0) is 5.56 Å². The maximum absolute atomic E-state index is 10.3. The van der Waals surface area contributed by atoms with Crippen molar-refractivity contribution in [1.82, 2.24) is 0 Å². The van der Waals surface area contributed by atoms with Crippen molar-refractivity contribution in [3.05, 3.63) is 42.2 Å². The Morgan fingerprint density at radius 2 is 1.91 bits per heavy atom. The van der Waals surface area contributed by atoms with Crippen LogP contribution in [0.15, 0.2) is 36.6 Å². The van der Waals surface area contributed by atoms with Gasteiger partial charge in [0.2, 0.25) is 0 Å². The van der Waals surface area contributed by atoms with Crippen molar-refractivity contribution >= 4 is 11.9 Å². The lowest BCUT2D eigenvalue weighted by Crippen LogP contribution is -1.83. The number of aldehydes is 1. The van der Waals surface area contributed by atoms with Crippen LogP contribution in [0, 0.1) is 0 Å². The van der Waals surface area contributed by atoms with Crippen molar-refractivity contribution in [1.29, 1.82) is 0 Å². The molecule has 0 aromatic heterocycles. The Balaban J connectivity index is 3.01. The van der Waals surface area contributed by atoms with Crippen LogP contribution in [-0.2, 0) is 4.79 Å². The van der Waals surface area contributed by atoms with E-state index in [4.69, 9.17) is 5.11 Å². The van der Waals surface area contributed by atoms with E-state index in [2.05, 4.69) is 0 Å². The largest absolute Gasteiger partial charge is 0.515 e. The summed E-state index contributed by atoms with van der Waals surface area (Å²) in [6, 6.07) is 8.99. The van der Waals surface area contributed by atoms with E-state index >= 15 is 0 Å². The maximum Gasteiger partial charge on any atom is 0.153 e. The molecule has 1 aromatic carbocycles. The normalized spacial score (nSPS) is 11.1. The molecule has 0 heterocycles. The quantitative estimate of drug-likeness (QED) is 0.394. The summed E-state index contributed by atoms with van der Waals surface area (Å²) in [5.74, 6) is 0. The smallest absolute Gasteiger partial charge is 0.153 e. The van der Waals surface area contributed by atoms with Gasteiger partial charge in [-0.1, -0.05) is 30.3 Å². The van der Waals surface area contributed by atoms with Gasteiger partial charge in [-0.2, -0.15) is 0 Å². The molecule has 1 aromatic rings. The van der Waals surface area contributed by atoms with Crippen LogP contribution in [0.25, 0.3) is 5.57 Å². The lowest BCUT2D eigenvalue weighted by molar-refractivity contribution is -0.103. The summed E-state index contributed by atoms with van der Waals surface area (Å²) in [7, 11) is 0. The minimum absolute atomic E-state index is 0.297. The Bertz CT molecular complexity index is 262. The number of aliphatic hydroxyl groups excluding tert-OH is 1. The standard InChI is InChI=1S/C9H8O2/c10-6-9(7-11)8-4-2-1-3-5-8/h1-7,10H. The third-order valence-corrected chi connectivity index (χ3v) is 1.37. The van der Waals surface area contributed by atoms with E-state index < -0.39 is 0 Å². The lowest BCUT2D eigenvalue weighted by atomic mass is 10.1. The first-order valence-corrected chi connectivity index (χ1v) is 3.23. The van der Waals surface area contributed by atoms with Gasteiger partial charge in [-0.25, -0.2) is 0 Å². The molecule has 1 rings (SSSR count). The molecule has 1 N–H and O–H groups in total. The van der Waals surface area contributed by atoms with E-state index in [1.54, 1.807) is 12.1 Å². The Morgan fingerprint density at radius 3 is 2.36 bits per heavy atom. The Hall–Kier alpha value is -1.57. The topological polar surface area (TPSA) is 37.3 Å². The molecule has 2 nitrogen and oxygen atoms in total. The second-order valence-corrected chi connectivity index (χ2v) is 2.07. The zero-order valence-corrected chi connectivity index (χ0v) is 5.90. The highest BCUT2D eigenvalue weighted by Crippen LogP contribution is 2.09. The van der Waals surface area contributed by atoms with E-state index in [9.17, 15) is 4.79 Å². The number of allylic oxidation sites excluding steroid dienone is 1. The highest BCUT2D eigenvalue weighted by atomic mass is 16.2. The van der Waals surface area contributed by atoms with Crippen molar-refractivity contribution in [3.8, 4) is 0 Å². The van der Waals surface area contributed by atoms with Crippen LogP contribution < -0.4 is 0 Å². The summed E-state index contributed by atoms with van der Waals surface area (Å²) in [6.45, 7) is 0. The molecular weight excluding hydrogens is 140 g/mol. The van der Waals surface area contributed by atoms with Crippen LogP contribution >= 0.6 is 0 Å². The van der Waals surface area contributed by atoms with Crippen molar-refractivity contribution in [2.75, 3.05) is 0 Å². The van der Waals surface area contributed by atoms with Gasteiger partial charge in [0.1, 0.15) is 0 Å². The molecule has 0 radical (unpaired) electrons. The summed E-state index contributed by atoms with van der Waals surface area (Å²) in [6.07, 6.45) is 1.43. The Morgan fingerprint density at radius 1 is 1.27 bits per heavy atom. The predicted molar refractivity (Wildman–Crippen MR) is 43.1 cm³/mol. The van der Waals surface area contributed by atoms with Crippen molar-refractivity contribution in [2.45, 2.75) is 0 Å². The number of hydrogen-bond acceptors (Lipinski definition) is 2. The van der Waals surface area contributed by atoms with E-state index in [1.165, 1.54) is 0 Å². The molecule has 0 atom stereocenters. The van der Waals surface area contributed by atoms with Gasteiger partial charge >= 0.3 is 0 Å². The number of carbonyl (C=O) groups is 1. The Labute approximate surface area is 64.8 Å². The van der Waals surface area contributed by atoms with E-state index in [1.807, 2.05) is 18.2 Å². The van der Waals surface area contributed by atoms with Crippen molar-refractivity contribution in [3.63, 3.8) is 0 Å². The van der Waals surface area contributed by atoms with Crippen LogP contribution in [0.5, 0.6) is 0 Å².